The van der Waals surface area contributed by atoms with Crippen molar-refractivity contribution in [2.24, 2.45) is 0 Å². The lowest BCUT2D eigenvalue weighted by molar-refractivity contribution is -0.138. The first-order valence-corrected chi connectivity index (χ1v) is 8.25. The van der Waals surface area contributed by atoms with Crippen molar-refractivity contribution in [3.8, 4) is 5.75 Å². The number of carboxylic acids is 1. The number of phosphoric acid groups is 1. The molecule has 9 nitrogen and oxygen atoms in total. The Morgan fingerprint density at radius 3 is 2.64 bits per heavy atom. The molecule has 0 spiro atoms. The number of hydrogen-bond donors (Lipinski definition) is 6. The van der Waals surface area contributed by atoms with Gasteiger partial charge in [-0.2, -0.15) is 12.6 Å². The van der Waals surface area contributed by atoms with Crippen LogP contribution in [0.25, 0.3) is 0 Å². The Bertz CT molecular complexity index is 592. The third-order valence-corrected chi connectivity index (χ3v) is 3.70. The number of phosphoric ester groups is 1. The maximum atomic E-state index is 10.9. The van der Waals surface area contributed by atoms with Crippen LogP contribution in [0.3, 0.4) is 0 Å². The van der Waals surface area contributed by atoms with Crippen LogP contribution in [0.1, 0.15) is 16.8 Å². The van der Waals surface area contributed by atoms with Gasteiger partial charge in [-0.25, -0.2) is 4.57 Å². The predicted octanol–water partition coefficient (Wildman–Crippen LogP) is 0.178. The molecule has 124 valence electrons. The number of nitrogens with one attached hydrogen (secondary N) is 1. The maximum Gasteiger partial charge on any atom is 0.469 e. The van der Waals surface area contributed by atoms with Crippen molar-refractivity contribution in [2.75, 3.05) is 5.75 Å². The Balaban J connectivity index is 2.99. The second-order valence-corrected chi connectivity index (χ2v) is 6.01. The van der Waals surface area contributed by atoms with Crippen molar-refractivity contribution >= 4 is 26.4 Å². The van der Waals surface area contributed by atoms with Crippen LogP contribution in [-0.4, -0.2) is 42.7 Å². The SMILES string of the molecule is Cc1ncc(O)c(CNC(CS)C(=O)O)c1COP(=O)(O)O. The van der Waals surface area contributed by atoms with Crippen molar-refractivity contribution in [2.45, 2.75) is 26.1 Å². The second kappa shape index (κ2) is 7.91. The van der Waals surface area contributed by atoms with E-state index in [9.17, 15) is 14.5 Å². The molecule has 0 aliphatic heterocycles. The highest BCUT2D eigenvalue weighted by Crippen LogP contribution is 2.38. The number of pyridine rings is 1. The summed E-state index contributed by atoms with van der Waals surface area (Å²) in [5, 5.41) is 21.5. The average molecular weight is 352 g/mol. The number of nitrogens with zero attached hydrogens (tertiary/aromatic N) is 1. The normalized spacial score (nSPS) is 13.1. The Morgan fingerprint density at radius 2 is 2.14 bits per heavy atom. The van der Waals surface area contributed by atoms with Gasteiger partial charge in [0.25, 0.3) is 0 Å². The zero-order chi connectivity index (χ0) is 16.9. The van der Waals surface area contributed by atoms with Crippen LogP contribution < -0.4 is 5.32 Å². The summed E-state index contributed by atoms with van der Waals surface area (Å²) in [5.41, 5.74) is 0.939. The summed E-state index contributed by atoms with van der Waals surface area (Å²) in [4.78, 5) is 32.3. The lowest BCUT2D eigenvalue weighted by Gasteiger charge is -2.17. The van der Waals surface area contributed by atoms with Gasteiger partial charge in [0.15, 0.2) is 0 Å². The number of carbonyl (C=O) groups is 1. The summed E-state index contributed by atoms with van der Waals surface area (Å²) in [6.45, 7) is 1.06. The lowest BCUT2D eigenvalue weighted by atomic mass is 10.1. The molecule has 0 fully saturated rings. The van der Waals surface area contributed by atoms with Gasteiger partial charge in [0.2, 0.25) is 0 Å². The van der Waals surface area contributed by atoms with Gasteiger partial charge in [-0.15, -0.1) is 0 Å². The third kappa shape index (κ3) is 5.56. The lowest BCUT2D eigenvalue weighted by Crippen LogP contribution is -2.38. The molecular formula is C11H17N2O7PS. The van der Waals surface area contributed by atoms with Crippen LogP contribution in [-0.2, 0) is 27.0 Å². The first kappa shape index (κ1) is 18.9. The molecule has 1 atom stereocenters. The standard InChI is InChI=1S/C11H17N2O7PS/c1-6-8(4-20-21(17,18)19)7(10(14)3-12-6)2-13-9(5-22)11(15)16/h3,9,13-14,22H,2,4-5H2,1H3,(H,15,16)(H2,17,18,19). The topological polar surface area (TPSA) is 149 Å². The molecule has 0 amide bonds. The van der Waals surface area contributed by atoms with Crippen LogP contribution in [0, 0.1) is 6.92 Å². The van der Waals surface area contributed by atoms with E-state index in [2.05, 4.69) is 27.5 Å². The molecule has 11 heteroatoms. The van der Waals surface area contributed by atoms with E-state index in [4.69, 9.17) is 14.9 Å². The van der Waals surface area contributed by atoms with Gasteiger partial charge in [0, 0.05) is 29.1 Å². The summed E-state index contributed by atoms with van der Waals surface area (Å²) in [7, 11) is -4.68. The largest absolute Gasteiger partial charge is 0.506 e. The van der Waals surface area contributed by atoms with Gasteiger partial charge >= 0.3 is 13.8 Å². The first-order valence-electron chi connectivity index (χ1n) is 6.09. The van der Waals surface area contributed by atoms with Crippen molar-refractivity contribution in [3.05, 3.63) is 23.0 Å². The molecule has 1 aromatic heterocycles. The van der Waals surface area contributed by atoms with Gasteiger partial charge < -0.3 is 20.0 Å². The molecule has 0 aliphatic carbocycles. The zero-order valence-electron chi connectivity index (χ0n) is 11.6. The molecule has 1 unspecified atom stereocenters. The zero-order valence-corrected chi connectivity index (χ0v) is 13.4. The van der Waals surface area contributed by atoms with E-state index in [1.807, 2.05) is 0 Å². The Labute approximate surface area is 132 Å². The molecule has 22 heavy (non-hydrogen) atoms. The monoisotopic (exact) mass is 352 g/mol. The Kier molecular flexibility index (Phi) is 6.79. The van der Waals surface area contributed by atoms with E-state index in [1.54, 1.807) is 6.92 Å². The summed E-state index contributed by atoms with van der Waals surface area (Å²) in [5.74, 6) is -1.30. The molecular weight excluding hydrogens is 335 g/mol. The molecule has 0 bridgehead atoms. The minimum absolute atomic E-state index is 0.0362. The average Bonchev–Trinajstić information content (AvgIpc) is 2.40. The molecule has 5 N–H and O–H groups in total. The number of rotatable bonds is 8. The van der Waals surface area contributed by atoms with Crippen LogP contribution >= 0.6 is 20.5 Å². The second-order valence-electron chi connectivity index (χ2n) is 4.40. The molecule has 0 radical (unpaired) electrons. The summed E-state index contributed by atoms with van der Waals surface area (Å²) < 4.78 is 15.2. The highest BCUT2D eigenvalue weighted by molar-refractivity contribution is 7.80. The number of aryl methyl sites for hydroxylation is 1. The Morgan fingerprint density at radius 1 is 1.50 bits per heavy atom. The molecule has 1 rings (SSSR count). The number of carboxylic acid groups (broad SMARTS) is 1. The highest BCUT2D eigenvalue weighted by atomic mass is 32.1. The van der Waals surface area contributed by atoms with E-state index in [0.29, 0.717) is 5.69 Å². The molecule has 1 aromatic rings. The first-order chi connectivity index (χ1) is 10.2. The quantitative estimate of drug-likeness (QED) is 0.284. The van der Waals surface area contributed by atoms with Crippen LogP contribution in [0.15, 0.2) is 6.20 Å². The van der Waals surface area contributed by atoms with Crippen molar-refractivity contribution in [3.63, 3.8) is 0 Å². The smallest absolute Gasteiger partial charge is 0.469 e. The van der Waals surface area contributed by atoms with Crippen molar-refractivity contribution in [1.82, 2.24) is 10.3 Å². The molecule has 1 heterocycles. The molecule has 0 aromatic carbocycles. The summed E-state index contributed by atoms with van der Waals surface area (Å²) >= 11 is 3.91. The van der Waals surface area contributed by atoms with E-state index < -0.39 is 26.4 Å². The predicted molar refractivity (Wildman–Crippen MR) is 79.6 cm³/mol. The fourth-order valence-corrected chi connectivity index (χ4v) is 2.26. The van der Waals surface area contributed by atoms with E-state index in [0.717, 1.165) is 0 Å². The minimum atomic E-state index is -4.68. The maximum absolute atomic E-state index is 10.9. The fourth-order valence-electron chi connectivity index (χ4n) is 1.68. The number of hydrogen-bond acceptors (Lipinski definition) is 7. The van der Waals surface area contributed by atoms with Gasteiger partial charge in [0.05, 0.1) is 12.8 Å². The highest BCUT2D eigenvalue weighted by Gasteiger charge is 2.21. The van der Waals surface area contributed by atoms with Crippen LogP contribution in [0.4, 0.5) is 0 Å². The number of aliphatic carboxylic acids is 1. The molecule has 0 aliphatic rings. The fraction of sp³-hybridized carbons (Fsp3) is 0.455. The number of aromatic nitrogens is 1. The molecule has 0 saturated carbocycles. The van der Waals surface area contributed by atoms with Crippen LogP contribution in [0.2, 0.25) is 0 Å². The van der Waals surface area contributed by atoms with E-state index in [-0.39, 0.29) is 29.2 Å². The molecule has 0 saturated heterocycles. The van der Waals surface area contributed by atoms with Gasteiger partial charge in [-0.1, -0.05) is 0 Å². The number of aromatic hydroxyl groups is 1. The van der Waals surface area contributed by atoms with Crippen LogP contribution in [0.5, 0.6) is 5.75 Å². The van der Waals surface area contributed by atoms with Gasteiger partial charge in [-0.05, 0) is 6.92 Å². The van der Waals surface area contributed by atoms with E-state index in [1.165, 1.54) is 6.20 Å². The van der Waals surface area contributed by atoms with Crippen molar-refractivity contribution < 1.29 is 33.9 Å². The van der Waals surface area contributed by atoms with Crippen molar-refractivity contribution in [1.29, 1.82) is 0 Å². The summed E-state index contributed by atoms with van der Waals surface area (Å²) in [6, 6.07) is -0.938. The van der Waals surface area contributed by atoms with Gasteiger partial charge in [-0.3, -0.25) is 19.6 Å². The number of thiol groups is 1. The van der Waals surface area contributed by atoms with Gasteiger partial charge in [0.1, 0.15) is 11.8 Å². The van der Waals surface area contributed by atoms with E-state index >= 15 is 0 Å². The Hall–Kier alpha value is -1.16. The third-order valence-electron chi connectivity index (χ3n) is 2.87. The minimum Gasteiger partial charge on any atom is -0.506 e. The summed E-state index contributed by atoms with van der Waals surface area (Å²) in [6.07, 6.45) is 1.17.